The van der Waals surface area contributed by atoms with Crippen LogP contribution in [-0.2, 0) is 24.2 Å². The molecule has 1 heterocycles. The molecule has 0 saturated heterocycles. The van der Waals surface area contributed by atoms with Crippen molar-refractivity contribution in [2.24, 2.45) is 4.99 Å². The second-order valence-electron chi connectivity index (χ2n) is 2.31. The average molecular weight is 247 g/mol. The van der Waals surface area contributed by atoms with Crippen LogP contribution in [0.3, 0.4) is 0 Å². The van der Waals surface area contributed by atoms with Crippen molar-refractivity contribution in [3.05, 3.63) is 35.9 Å². The maximum Gasteiger partial charge on any atom is 2.00 e. The van der Waals surface area contributed by atoms with Crippen LogP contribution < -0.4 is 0 Å². The molecule has 2 nitrogen and oxygen atoms in total. The normalized spacial score (nSPS) is 14.5. The molecule has 0 bridgehead atoms. The predicted molar refractivity (Wildman–Crippen MR) is 42.6 cm³/mol. The molecule has 0 fully saturated rings. The first-order valence-corrected chi connectivity index (χ1v) is 3.61. The maximum absolute atomic E-state index is 5.26. The van der Waals surface area contributed by atoms with Gasteiger partial charge in [-0.3, -0.25) is 4.99 Å². The summed E-state index contributed by atoms with van der Waals surface area (Å²) in [7, 11) is 0. The third kappa shape index (κ3) is 1.92. The molecule has 1 aliphatic rings. The van der Waals surface area contributed by atoms with Crippen LogP contribution in [0.5, 0.6) is 0 Å². The molecule has 1 aromatic rings. The molecule has 1 aromatic carbocycles. The van der Waals surface area contributed by atoms with Gasteiger partial charge < -0.3 is 4.74 Å². The average Bonchev–Trinajstić information content (AvgIpc) is 2.58. The molecule has 0 amide bonds. The number of ether oxygens (including phenoxy) is 1. The van der Waals surface area contributed by atoms with Crippen LogP contribution in [0.1, 0.15) is 5.56 Å². The monoisotopic (exact) mass is 248 g/mol. The number of benzene rings is 1. The molecule has 0 N–H and O–H groups in total. The van der Waals surface area contributed by atoms with E-state index in [-0.39, 0.29) is 19.5 Å². The van der Waals surface area contributed by atoms with Gasteiger partial charge in [0.05, 0.1) is 13.2 Å². The van der Waals surface area contributed by atoms with Crippen LogP contribution in [-0.4, -0.2) is 19.0 Å². The number of aliphatic imine (C=N–C) groups is 1. The van der Waals surface area contributed by atoms with E-state index in [0.29, 0.717) is 6.61 Å². The van der Waals surface area contributed by atoms with Gasteiger partial charge in [-0.05, 0) is 0 Å². The van der Waals surface area contributed by atoms with E-state index < -0.39 is 0 Å². The summed E-state index contributed by atoms with van der Waals surface area (Å²) in [4.78, 5) is 4.17. The minimum absolute atomic E-state index is 0. The third-order valence-electron chi connectivity index (χ3n) is 1.52. The minimum atomic E-state index is 0. The van der Waals surface area contributed by atoms with Crippen LogP contribution in [0.2, 0.25) is 0 Å². The first-order chi connectivity index (χ1) is 5.47. The van der Waals surface area contributed by atoms with E-state index in [4.69, 9.17) is 4.74 Å². The van der Waals surface area contributed by atoms with Crippen LogP contribution in [0.4, 0.5) is 0 Å². The van der Waals surface area contributed by atoms with Crippen LogP contribution in [0.25, 0.3) is 0 Å². The quantitative estimate of drug-likeness (QED) is 0.541. The van der Waals surface area contributed by atoms with Crippen LogP contribution in [0, 0.1) is 6.07 Å². The number of rotatable bonds is 1. The molecule has 3 heteroatoms. The minimum Gasteiger partial charge on any atom is -0.518 e. The second-order valence-corrected chi connectivity index (χ2v) is 2.31. The van der Waals surface area contributed by atoms with Crippen molar-refractivity contribution in [2.45, 2.75) is 0 Å². The Balaban J connectivity index is 0.000000720. The molecule has 2 rings (SSSR count). The number of nitrogens with zero attached hydrogens (tertiary/aromatic N) is 1. The Bertz CT molecular complexity index is 271. The Labute approximate surface area is 84.4 Å². The fourth-order valence-electron chi connectivity index (χ4n) is 1.02. The zero-order chi connectivity index (χ0) is 7.52. The molecule has 0 unspecified atom stereocenters. The van der Waals surface area contributed by atoms with Crippen molar-refractivity contribution in [3.63, 3.8) is 0 Å². The van der Waals surface area contributed by atoms with E-state index in [1.54, 1.807) is 0 Å². The molecule has 12 heavy (non-hydrogen) atoms. The number of hydrogen-bond donors (Lipinski definition) is 0. The molecule has 0 radical (unpaired) electrons. The van der Waals surface area contributed by atoms with Gasteiger partial charge in [0.15, 0.2) is 0 Å². The summed E-state index contributed by atoms with van der Waals surface area (Å²) in [5.41, 5.74) is 0.949. The van der Waals surface area contributed by atoms with Gasteiger partial charge in [-0.1, -0.05) is 5.56 Å². The van der Waals surface area contributed by atoms with E-state index >= 15 is 0 Å². The Kier molecular flexibility index (Phi) is 3.42. The first-order valence-electron chi connectivity index (χ1n) is 3.61. The van der Waals surface area contributed by atoms with E-state index in [1.807, 2.05) is 24.3 Å². The summed E-state index contributed by atoms with van der Waals surface area (Å²) in [5.74, 6) is 0.727. The summed E-state index contributed by atoms with van der Waals surface area (Å²) in [6.07, 6.45) is 0. The number of hydrogen-bond acceptors (Lipinski definition) is 2. The van der Waals surface area contributed by atoms with Gasteiger partial charge in [0.25, 0.3) is 0 Å². The van der Waals surface area contributed by atoms with E-state index in [9.17, 15) is 0 Å². The van der Waals surface area contributed by atoms with Gasteiger partial charge in [-0.2, -0.15) is 0 Å². The molecular formula is C9H8NORu+. The van der Waals surface area contributed by atoms with Crippen molar-refractivity contribution in [3.8, 4) is 0 Å². The largest absolute Gasteiger partial charge is 2.00 e. The molecular weight excluding hydrogens is 239 g/mol. The fourth-order valence-corrected chi connectivity index (χ4v) is 1.02. The van der Waals surface area contributed by atoms with Crippen molar-refractivity contribution >= 4 is 5.90 Å². The predicted octanol–water partition coefficient (Wildman–Crippen LogP) is 1.26. The fraction of sp³-hybridized carbons (Fsp3) is 0.222. The van der Waals surface area contributed by atoms with E-state index in [1.165, 1.54) is 0 Å². The summed E-state index contributed by atoms with van der Waals surface area (Å²) in [6, 6.07) is 10.7. The van der Waals surface area contributed by atoms with Gasteiger partial charge in [0.1, 0.15) is 5.90 Å². The van der Waals surface area contributed by atoms with Crippen molar-refractivity contribution < 1.29 is 24.2 Å². The van der Waals surface area contributed by atoms with Crippen molar-refractivity contribution in [2.75, 3.05) is 13.2 Å². The molecule has 0 aliphatic carbocycles. The first kappa shape index (κ1) is 9.40. The second kappa shape index (κ2) is 4.37. The van der Waals surface area contributed by atoms with Crippen molar-refractivity contribution in [1.82, 2.24) is 0 Å². The summed E-state index contributed by atoms with van der Waals surface area (Å²) < 4.78 is 5.26. The van der Waals surface area contributed by atoms with Crippen LogP contribution in [0.15, 0.2) is 29.3 Å². The van der Waals surface area contributed by atoms with Crippen molar-refractivity contribution in [1.29, 1.82) is 0 Å². The zero-order valence-corrected chi connectivity index (χ0v) is 8.17. The Morgan fingerprint density at radius 1 is 1.42 bits per heavy atom. The molecule has 0 atom stereocenters. The van der Waals surface area contributed by atoms with Gasteiger partial charge in [-0.25, -0.2) is 0 Å². The smallest absolute Gasteiger partial charge is 0.518 e. The topological polar surface area (TPSA) is 21.6 Å². The van der Waals surface area contributed by atoms with E-state index in [0.717, 1.165) is 18.0 Å². The van der Waals surface area contributed by atoms with Gasteiger partial charge in [-0.15, -0.1) is 30.3 Å². The summed E-state index contributed by atoms with van der Waals surface area (Å²) in [5, 5.41) is 0. The Morgan fingerprint density at radius 3 is 2.92 bits per heavy atom. The molecule has 1 aliphatic heterocycles. The summed E-state index contributed by atoms with van der Waals surface area (Å²) >= 11 is 0. The maximum atomic E-state index is 5.26. The van der Waals surface area contributed by atoms with E-state index in [2.05, 4.69) is 11.1 Å². The zero-order valence-electron chi connectivity index (χ0n) is 6.43. The standard InChI is InChI=1S/C9H8NO.Ru/c1-2-4-8(5-3-1)9-10-6-7-11-9;/h1-4H,6-7H2;/q-1;+2. The Morgan fingerprint density at radius 2 is 2.33 bits per heavy atom. The van der Waals surface area contributed by atoms with Gasteiger partial charge in [0, 0.05) is 0 Å². The van der Waals surface area contributed by atoms with Crippen LogP contribution >= 0.6 is 0 Å². The van der Waals surface area contributed by atoms with Gasteiger partial charge in [0.2, 0.25) is 0 Å². The molecule has 62 valence electrons. The SMILES string of the molecule is [Ru+2].[c-]1ccccc1C1=NCCO1. The summed E-state index contributed by atoms with van der Waals surface area (Å²) in [6.45, 7) is 1.48. The molecule has 0 spiro atoms. The molecule has 0 aromatic heterocycles. The van der Waals surface area contributed by atoms with Gasteiger partial charge >= 0.3 is 19.5 Å². The Hall–Kier alpha value is -0.687. The molecule has 0 saturated carbocycles. The third-order valence-corrected chi connectivity index (χ3v) is 1.52.